The maximum Gasteiger partial charge on any atom is 0.226 e. The van der Waals surface area contributed by atoms with Gasteiger partial charge in [0, 0.05) is 12.7 Å². The van der Waals surface area contributed by atoms with Crippen LogP contribution in [0.25, 0.3) is 0 Å². The molecule has 0 spiro atoms. The van der Waals surface area contributed by atoms with Gasteiger partial charge >= 0.3 is 0 Å². The molecule has 0 saturated carbocycles. The number of hydrogen-bond acceptors (Lipinski definition) is 4. The Balaban J connectivity index is 2.74. The van der Waals surface area contributed by atoms with Gasteiger partial charge in [-0.3, -0.25) is 0 Å². The Morgan fingerprint density at radius 3 is 3.18 bits per heavy atom. The normalized spacial score (nSPS) is 9.27. The number of nitrogens with one attached hydrogen (secondary N) is 1. The summed E-state index contributed by atoms with van der Waals surface area (Å²) in [4.78, 5) is 7.90. The van der Waals surface area contributed by atoms with Crippen LogP contribution in [0.5, 0.6) is 5.88 Å². The molecule has 1 aromatic rings. The third-order valence-electron chi connectivity index (χ3n) is 1.11. The van der Waals surface area contributed by atoms with Crippen LogP contribution in [-0.2, 0) is 0 Å². The zero-order valence-corrected chi connectivity index (χ0v) is 6.59. The molecule has 1 N–H and O–H groups in total. The van der Waals surface area contributed by atoms with E-state index in [1.807, 2.05) is 6.92 Å². The number of anilines is 1. The monoisotopic (exact) mass is 152 g/mol. The minimum absolute atomic E-state index is 0.455. The van der Waals surface area contributed by atoms with E-state index in [1.54, 1.807) is 7.11 Å². The average molecular weight is 152 g/mol. The third-order valence-corrected chi connectivity index (χ3v) is 1.11. The van der Waals surface area contributed by atoms with Gasteiger partial charge in [-0.15, -0.1) is 0 Å². The predicted octanol–water partition coefficient (Wildman–Crippen LogP) is 0.717. The van der Waals surface area contributed by atoms with Crippen LogP contribution in [0, 0.1) is 6.07 Å². The zero-order chi connectivity index (χ0) is 8.10. The van der Waals surface area contributed by atoms with Crippen LogP contribution in [-0.4, -0.2) is 23.6 Å². The van der Waals surface area contributed by atoms with Crippen molar-refractivity contribution in [2.75, 3.05) is 19.0 Å². The topological polar surface area (TPSA) is 47.0 Å². The maximum absolute atomic E-state index is 4.85. The highest BCUT2D eigenvalue weighted by Crippen LogP contribution is 2.05. The fourth-order valence-electron chi connectivity index (χ4n) is 0.654. The lowest BCUT2D eigenvalue weighted by molar-refractivity contribution is 0.396. The summed E-state index contributed by atoms with van der Waals surface area (Å²) in [5, 5.41) is 2.96. The van der Waals surface area contributed by atoms with Crippen LogP contribution in [0.4, 0.5) is 5.95 Å². The highest BCUT2D eigenvalue weighted by Gasteiger charge is 1.95. The molecule has 0 aliphatic rings. The van der Waals surface area contributed by atoms with E-state index in [4.69, 9.17) is 4.74 Å². The molecular weight excluding hydrogens is 142 g/mol. The predicted molar refractivity (Wildman–Crippen MR) is 41.6 cm³/mol. The quantitative estimate of drug-likeness (QED) is 0.693. The SMILES string of the molecule is CCNc1nc[c]c(OC)n1. The van der Waals surface area contributed by atoms with Crippen LogP contribution >= 0.6 is 0 Å². The lowest BCUT2D eigenvalue weighted by Gasteiger charge is -2.01. The van der Waals surface area contributed by atoms with Crippen LogP contribution < -0.4 is 10.1 Å². The molecule has 0 saturated heterocycles. The van der Waals surface area contributed by atoms with Gasteiger partial charge in [-0.2, -0.15) is 4.98 Å². The summed E-state index contributed by atoms with van der Waals surface area (Å²) in [6.45, 7) is 2.78. The Hall–Kier alpha value is -1.32. The number of nitrogens with zero attached hydrogens (tertiary/aromatic N) is 2. The van der Waals surface area contributed by atoms with Crippen molar-refractivity contribution in [3.8, 4) is 5.88 Å². The van der Waals surface area contributed by atoms with Gasteiger partial charge in [0.2, 0.25) is 11.8 Å². The van der Waals surface area contributed by atoms with E-state index in [-0.39, 0.29) is 0 Å². The minimum Gasteiger partial charge on any atom is -0.480 e. The summed E-state index contributed by atoms with van der Waals surface area (Å²) in [6.07, 6.45) is 1.53. The molecule has 1 aromatic heterocycles. The molecule has 0 unspecified atom stereocenters. The van der Waals surface area contributed by atoms with Crippen molar-refractivity contribution in [2.45, 2.75) is 6.92 Å². The van der Waals surface area contributed by atoms with E-state index in [9.17, 15) is 0 Å². The molecule has 1 heterocycles. The average Bonchev–Trinajstić information content (AvgIpc) is 2.06. The Bertz CT molecular complexity index is 227. The molecule has 4 nitrogen and oxygen atoms in total. The van der Waals surface area contributed by atoms with Crippen LogP contribution in [0.3, 0.4) is 0 Å². The van der Waals surface area contributed by atoms with Crippen molar-refractivity contribution in [2.24, 2.45) is 0 Å². The summed E-state index contributed by atoms with van der Waals surface area (Å²) in [7, 11) is 1.55. The summed E-state index contributed by atoms with van der Waals surface area (Å²) in [5.41, 5.74) is 0. The minimum atomic E-state index is 0.455. The molecule has 4 heteroatoms. The van der Waals surface area contributed by atoms with E-state index >= 15 is 0 Å². The van der Waals surface area contributed by atoms with Gasteiger partial charge in [0.15, 0.2) is 0 Å². The molecule has 0 aliphatic carbocycles. The van der Waals surface area contributed by atoms with E-state index in [0.29, 0.717) is 11.8 Å². The van der Waals surface area contributed by atoms with Gasteiger partial charge in [-0.1, -0.05) is 0 Å². The van der Waals surface area contributed by atoms with E-state index in [0.717, 1.165) is 6.54 Å². The Morgan fingerprint density at radius 1 is 1.73 bits per heavy atom. The van der Waals surface area contributed by atoms with Gasteiger partial charge in [-0.05, 0) is 6.92 Å². The first-order chi connectivity index (χ1) is 5.36. The molecule has 1 rings (SSSR count). The molecule has 1 radical (unpaired) electrons. The molecule has 59 valence electrons. The van der Waals surface area contributed by atoms with Crippen molar-refractivity contribution >= 4 is 5.95 Å². The van der Waals surface area contributed by atoms with Crippen LogP contribution in [0.2, 0.25) is 0 Å². The molecule has 0 atom stereocenters. The van der Waals surface area contributed by atoms with Gasteiger partial charge in [0.1, 0.15) is 0 Å². The zero-order valence-electron chi connectivity index (χ0n) is 6.59. The van der Waals surface area contributed by atoms with Gasteiger partial charge in [-0.25, -0.2) is 4.98 Å². The van der Waals surface area contributed by atoms with Crippen molar-refractivity contribution in [1.29, 1.82) is 0 Å². The highest BCUT2D eigenvalue weighted by atomic mass is 16.5. The van der Waals surface area contributed by atoms with Crippen molar-refractivity contribution in [3.63, 3.8) is 0 Å². The maximum atomic E-state index is 4.85. The molecular formula is C7H10N3O. The summed E-state index contributed by atoms with van der Waals surface area (Å²) in [6, 6.07) is 2.73. The first-order valence-electron chi connectivity index (χ1n) is 3.39. The Labute approximate surface area is 65.6 Å². The van der Waals surface area contributed by atoms with Gasteiger partial charge < -0.3 is 10.1 Å². The molecule has 0 bridgehead atoms. The van der Waals surface area contributed by atoms with E-state index in [2.05, 4.69) is 21.4 Å². The highest BCUT2D eigenvalue weighted by molar-refractivity contribution is 5.26. The Morgan fingerprint density at radius 2 is 2.55 bits per heavy atom. The first-order valence-corrected chi connectivity index (χ1v) is 3.39. The second kappa shape index (κ2) is 3.75. The summed E-state index contributed by atoms with van der Waals surface area (Å²) >= 11 is 0. The Kier molecular flexibility index (Phi) is 2.66. The summed E-state index contributed by atoms with van der Waals surface area (Å²) in [5.74, 6) is 1.03. The number of ether oxygens (including phenoxy) is 1. The number of hydrogen-bond donors (Lipinski definition) is 1. The second-order valence-electron chi connectivity index (χ2n) is 1.88. The third kappa shape index (κ3) is 2.07. The molecule has 11 heavy (non-hydrogen) atoms. The number of aromatic nitrogens is 2. The number of methoxy groups -OCH3 is 1. The molecule has 0 amide bonds. The van der Waals surface area contributed by atoms with Crippen molar-refractivity contribution in [1.82, 2.24) is 9.97 Å². The second-order valence-corrected chi connectivity index (χ2v) is 1.88. The molecule has 0 aliphatic heterocycles. The molecule has 0 fully saturated rings. The largest absolute Gasteiger partial charge is 0.480 e. The lowest BCUT2D eigenvalue weighted by Crippen LogP contribution is -2.02. The van der Waals surface area contributed by atoms with Crippen molar-refractivity contribution < 1.29 is 4.74 Å². The van der Waals surface area contributed by atoms with Gasteiger partial charge in [0.05, 0.1) is 13.2 Å². The fraction of sp³-hybridized carbons (Fsp3) is 0.429. The fourth-order valence-corrected chi connectivity index (χ4v) is 0.654. The smallest absolute Gasteiger partial charge is 0.226 e. The lowest BCUT2D eigenvalue weighted by atomic mass is 10.6. The molecule has 0 aromatic carbocycles. The van der Waals surface area contributed by atoms with Crippen molar-refractivity contribution in [3.05, 3.63) is 12.3 Å². The van der Waals surface area contributed by atoms with Crippen LogP contribution in [0.15, 0.2) is 6.20 Å². The van der Waals surface area contributed by atoms with E-state index in [1.165, 1.54) is 6.20 Å². The standard InChI is InChI=1S/C7H10N3O/c1-3-8-7-9-5-4-6(10-7)11-2/h5H,3H2,1-2H3,(H,8,9,10). The first kappa shape index (κ1) is 7.78. The van der Waals surface area contributed by atoms with Gasteiger partial charge in [0.25, 0.3) is 0 Å². The number of rotatable bonds is 3. The van der Waals surface area contributed by atoms with Crippen LogP contribution in [0.1, 0.15) is 6.92 Å². The summed E-state index contributed by atoms with van der Waals surface area (Å²) < 4.78 is 4.85. The van der Waals surface area contributed by atoms with E-state index < -0.39 is 0 Å².